The average Bonchev–Trinajstić information content (AvgIpc) is 2.83. The molecule has 0 saturated heterocycles. The van der Waals surface area contributed by atoms with Crippen LogP contribution in [0.2, 0.25) is 0 Å². The Bertz CT molecular complexity index is 566. The van der Waals surface area contributed by atoms with E-state index in [-0.39, 0.29) is 0 Å². The minimum Gasteiger partial charge on any atom is -0.753 e. The van der Waals surface area contributed by atoms with Crippen molar-refractivity contribution < 1.29 is 0 Å². The second-order valence-electron chi connectivity index (χ2n) is 3.37. The van der Waals surface area contributed by atoms with E-state index < -0.39 is 0 Å². The zero-order valence-electron chi connectivity index (χ0n) is 10.3. The lowest BCUT2D eigenvalue weighted by atomic mass is 10.3. The summed E-state index contributed by atoms with van der Waals surface area (Å²) in [5.74, 6) is 1.15. The third kappa shape index (κ3) is 3.65. The average molecular weight is 308 g/mol. The Morgan fingerprint density at radius 3 is 2.79 bits per heavy atom. The molecular weight excluding hydrogens is 296 g/mol. The van der Waals surface area contributed by atoms with Crippen molar-refractivity contribution in [3.63, 3.8) is 0 Å². The molecule has 0 spiro atoms. The SMILES string of the molecule is [CH2+]CS/C([S-])=N/c1nc(SC)nn1-c1ccccc1. The summed E-state index contributed by atoms with van der Waals surface area (Å²) in [6.45, 7) is 3.74. The maximum Gasteiger partial charge on any atom is 0.252 e. The number of rotatable bonds is 4. The van der Waals surface area contributed by atoms with Crippen molar-refractivity contribution in [2.45, 2.75) is 5.16 Å². The number of benzene rings is 1. The van der Waals surface area contributed by atoms with E-state index in [2.05, 4.69) is 22.0 Å². The van der Waals surface area contributed by atoms with Gasteiger partial charge in [-0.05, 0) is 22.8 Å². The van der Waals surface area contributed by atoms with E-state index >= 15 is 0 Å². The van der Waals surface area contributed by atoms with E-state index in [0.29, 0.717) is 21.2 Å². The van der Waals surface area contributed by atoms with Crippen LogP contribution in [0.25, 0.3) is 5.69 Å². The zero-order valence-corrected chi connectivity index (χ0v) is 12.8. The molecule has 0 aliphatic rings. The molecule has 0 unspecified atom stereocenters. The van der Waals surface area contributed by atoms with E-state index in [1.807, 2.05) is 36.6 Å². The zero-order chi connectivity index (χ0) is 13.7. The van der Waals surface area contributed by atoms with Crippen LogP contribution < -0.4 is 0 Å². The molecule has 0 aliphatic carbocycles. The highest BCUT2D eigenvalue weighted by Gasteiger charge is 2.09. The monoisotopic (exact) mass is 308 g/mol. The molecule has 0 radical (unpaired) electrons. The second-order valence-corrected chi connectivity index (χ2v) is 5.87. The number of thioether (sulfide) groups is 2. The van der Waals surface area contributed by atoms with Crippen LogP contribution in [-0.2, 0) is 12.6 Å². The van der Waals surface area contributed by atoms with Gasteiger partial charge in [-0.2, -0.15) is 9.67 Å². The van der Waals surface area contributed by atoms with Crippen LogP contribution in [-0.4, -0.2) is 31.1 Å². The van der Waals surface area contributed by atoms with Crippen LogP contribution >= 0.6 is 23.5 Å². The lowest BCUT2D eigenvalue weighted by Gasteiger charge is -2.07. The number of nitrogens with zero attached hydrogens (tertiary/aromatic N) is 4. The van der Waals surface area contributed by atoms with Gasteiger partial charge in [-0.15, -0.1) is 5.10 Å². The van der Waals surface area contributed by atoms with E-state index in [0.717, 1.165) is 5.69 Å². The molecule has 1 heterocycles. The fourth-order valence-corrected chi connectivity index (χ4v) is 2.38. The number of aliphatic imine (C=N–C) groups is 1. The normalized spacial score (nSPS) is 11.7. The van der Waals surface area contributed by atoms with Gasteiger partial charge in [-0.3, -0.25) is 0 Å². The largest absolute Gasteiger partial charge is 0.753 e. The Morgan fingerprint density at radius 2 is 2.16 bits per heavy atom. The third-order valence-corrected chi connectivity index (χ3v) is 3.70. The number of hydrogen-bond acceptors (Lipinski definition) is 6. The van der Waals surface area contributed by atoms with Crippen molar-refractivity contribution in [2.24, 2.45) is 4.99 Å². The van der Waals surface area contributed by atoms with Crippen molar-refractivity contribution in [1.29, 1.82) is 0 Å². The fourth-order valence-electron chi connectivity index (χ4n) is 1.39. The van der Waals surface area contributed by atoms with Crippen LogP contribution in [0.5, 0.6) is 0 Å². The summed E-state index contributed by atoms with van der Waals surface area (Å²) >= 11 is 8.04. The van der Waals surface area contributed by atoms with E-state index in [1.54, 1.807) is 4.68 Å². The van der Waals surface area contributed by atoms with Crippen LogP contribution in [0.3, 0.4) is 0 Å². The fraction of sp³-hybridized carbons (Fsp3) is 0.167. The van der Waals surface area contributed by atoms with Gasteiger partial charge in [0.05, 0.1) is 12.6 Å². The first-order valence-electron chi connectivity index (χ1n) is 5.49. The molecule has 4 nitrogen and oxygen atoms in total. The molecule has 2 aromatic rings. The highest BCUT2D eigenvalue weighted by Crippen LogP contribution is 2.21. The first-order valence-corrected chi connectivity index (χ1v) is 8.10. The molecule has 0 aliphatic heterocycles. The van der Waals surface area contributed by atoms with E-state index in [4.69, 9.17) is 12.6 Å². The minimum atomic E-state index is 0.501. The van der Waals surface area contributed by atoms with Gasteiger partial charge in [-0.1, -0.05) is 41.7 Å². The van der Waals surface area contributed by atoms with Crippen molar-refractivity contribution >= 4 is 46.5 Å². The van der Waals surface area contributed by atoms with Gasteiger partial charge in [0.2, 0.25) is 5.16 Å². The molecule has 98 valence electrons. The molecule has 0 atom stereocenters. The molecule has 0 N–H and O–H groups in total. The third-order valence-electron chi connectivity index (χ3n) is 2.17. The van der Waals surface area contributed by atoms with Crippen LogP contribution in [0.15, 0.2) is 40.5 Å². The Balaban J connectivity index is 2.43. The molecular formula is C12H12N4S3. The van der Waals surface area contributed by atoms with Crippen molar-refractivity contribution in [2.75, 3.05) is 12.0 Å². The summed E-state index contributed by atoms with van der Waals surface area (Å²) in [6.07, 6.45) is 1.93. The lowest BCUT2D eigenvalue weighted by Crippen LogP contribution is -1.97. The standard InChI is InChI=1S/C12H12N4S3/c1-3-19-12(17)14-10-13-11(18-2)15-16(10)9-7-5-4-6-8-9/h4-8H,1,3H2,2H3. The molecule has 0 bridgehead atoms. The van der Waals surface area contributed by atoms with Crippen molar-refractivity contribution in [3.8, 4) is 5.69 Å². The first-order chi connectivity index (χ1) is 9.24. The number of para-hydroxylation sites is 1. The molecule has 7 heteroatoms. The Hall–Kier alpha value is -1.18. The van der Waals surface area contributed by atoms with Gasteiger partial charge in [0.25, 0.3) is 5.95 Å². The molecule has 19 heavy (non-hydrogen) atoms. The van der Waals surface area contributed by atoms with Gasteiger partial charge >= 0.3 is 0 Å². The predicted molar refractivity (Wildman–Crippen MR) is 85.4 cm³/mol. The van der Waals surface area contributed by atoms with Gasteiger partial charge in [0.1, 0.15) is 5.75 Å². The Morgan fingerprint density at radius 1 is 1.42 bits per heavy atom. The predicted octanol–water partition coefficient (Wildman–Crippen LogP) is 3.09. The Labute approximate surface area is 126 Å². The molecule has 2 rings (SSSR count). The highest BCUT2D eigenvalue weighted by molar-refractivity contribution is 8.27. The summed E-state index contributed by atoms with van der Waals surface area (Å²) in [5.41, 5.74) is 0.913. The summed E-state index contributed by atoms with van der Waals surface area (Å²) in [4.78, 5) is 8.68. The Kier molecular flexibility index (Phi) is 5.12. The van der Waals surface area contributed by atoms with Crippen LogP contribution in [0.4, 0.5) is 5.95 Å². The van der Waals surface area contributed by atoms with Crippen LogP contribution in [0, 0.1) is 6.92 Å². The molecule has 1 aromatic heterocycles. The van der Waals surface area contributed by atoms with Gasteiger partial charge in [0, 0.05) is 0 Å². The first kappa shape index (κ1) is 14.2. The molecule has 1 aromatic carbocycles. The number of hydrogen-bond donors (Lipinski definition) is 0. The minimum absolute atomic E-state index is 0.501. The summed E-state index contributed by atoms with van der Waals surface area (Å²) < 4.78 is 2.22. The van der Waals surface area contributed by atoms with Gasteiger partial charge in [-0.25, -0.2) is 4.99 Å². The van der Waals surface area contributed by atoms with Crippen molar-refractivity contribution in [3.05, 3.63) is 37.3 Å². The molecule has 0 fully saturated rings. The van der Waals surface area contributed by atoms with E-state index in [9.17, 15) is 0 Å². The number of aromatic nitrogens is 3. The molecule has 0 amide bonds. The summed E-state index contributed by atoms with van der Waals surface area (Å²) in [6, 6.07) is 9.76. The highest BCUT2D eigenvalue weighted by atomic mass is 32.2. The van der Waals surface area contributed by atoms with Gasteiger partial charge < -0.3 is 12.6 Å². The maximum atomic E-state index is 5.16. The topological polar surface area (TPSA) is 43.1 Å². The quantitative estimate of drug-likeness (QED) is 0.285. The second kappa shape index (κ2) is 6.83. The maximum absolute atomic E-state index is 5.16. The van der Waals surface area contributed by atoms with Gasteiger partial charge in [0.15, 0.2) is 0 Å². The van der Waals surface area contributed by atoms with E-state index in [1.165, 1.54) is 23.5 Å². The van der Waals surface area contributed by atoms with Crippen LogP contribution in [0.1, 0.15) is 0 Å². The molecule has 0 saturated carbocycles. The lowest BCUT2D eigenvalue weighted by molar-refractivity contribution is 0.836. The summed E-state index contributed by atoms with van der Waals surface area (Å²) in [5, 5.41) is 5.07. The summed E-state index contributed by atoms with van der Waals surface area (Å²) in [7, 11) is 0. The smallest absolute Gasteiger partial charge is 0.252 e. The van der Waals surface area contributed by atoms with Crippen molar-refractivity contribution in [1.82, 2.24) is 14.8 Å².